The van der Waals surface area contributed by atoms with Crippen molar-refractivity contribution in [1.29, 1.82) is 0 Å². The second-order valence-corrected chi connectivity index (χ2v) is 4.00. The van der Waals surface area contributed by atoms with Crippen molar-refractivity contribution >= 4 is 11.6 Å². The van der Waals surface area contributed by atoms with Crippen LogP contribution in [0.5, 0.6) is 0 Å². The minimum absolute atomic E-state index is 0.386. The van der Waals surface area contributed by atoms with Crippen LogP contribution in [0.3, 0.4) is 0 Å². The van der Waals surface area contributed by atoms with E-state index in [-0.39, 0.29) is 0 Å². The molecule has 0 aliphatic carbocycles. The molecular weight excluding hydrogens is 182 g/mol. The van der Waals surface area contributed by atoms with Crippen LogP contribution in [0.4, 0.5) is 0 Å². The lowest BCUT2D eigenvalue weighted by Crippen LogP contribution is -2.10. The van der Waals surface area contributed by atoms with E-state index >= 15 is 0 Å². The summed E-state index contributed by atoms with van der Waals surface area (Å²) in [6, 6.07) is 4.16. The topological polar surface area (TPSA) is 26.0 Å². The van der Waals surface area contributed by atoms with Gasteiger partial charge in [-0.3, -0.25) is 0 Å². The fraction of sp³-hybridized carbons (Fsp3) is 0.455. The molecule has 0 aliphatic rings. The quantitative estimate of drug-likeness (QED) is 0.775. The van der Waals surface area contributed by atoms with Gasteiger partial charge < -0.3 is 5.73 Å². The predicted octanol–water partition coefficient (Wildman–Crippen LogP) is 3.02. The average Bonchev–Trinajstić information content (AvgIpc) is 2.10. The molecule has 0 heterocycles. The average molecular weight is 198 g/mol. The smallest absolute Gasteiger partial charge is 0.0440 e. The van der Waals surface area contributed by atoms with Gasteiger partial charge in [-0.1, -0.05) is 24.6 Å². The highest BCUT2D eigenvalue weighted by Gasteiger charge is 2.09. The fourth-order valence-electron chi connectivity index (χ4n) is 1.48. The number of nitrogens with two attached hydrogens (primary N) is 1. The van der Waals surface area contributed by atoms with Gasteiger partial charge >= 0.3 is 0 Å². The number of benzene rings is 1. The van der Waals surface area contributed by atoms with Crippen molar-refractivity contribution in [1.82, 2.24) is 0 Å². The number of halogens is 1. The monoisotopic (exact) mass is 197 g/mol. The summed E-state index contributed by atoms with van der Waals surface area (Å²) >= 11 is 6.08. The third-order valence-electron chi connectivity index (χ3n) is 2.41. The second kappa shape index (κ2) is 4.12. The Morgan fingerprint density at radius 1 is 1.38 bits per heavy atom. The van der Waals surface area contributed by atoms with E-state index in [1.165, 1.54) is 11.1 Å². The van der Waals surface area contributed by atoms with Crippen LogP contribution in [0.1, 0.15) is 29.5 Å². The molecule has 1 aromatic rings. The van der Waals surface area contributed by atoms with Crippen LogP contribution in [-0.4, -0.2) is 6.54 Å². The molecule has 0 spiro atoms. The van der Waals surface area contributed by atoms with E-state index < -0.39 is 0 Å². The SMILES string of the molecule is Cc1cc(Cl)c(C)c(C(C)CN)c1. The Morgan fingerprint density at radius 3 is 2.54 bits per heavy atom. The Morgan fingerprint density at radius 2 is 2.00 bits per heavy atom. The lowest BCUT2D eigenvalue weighted by atomic mass is 9.95. The van der Waals surface area contributed by atoms with Gasteiger partial charge in [-0.25, -0.2) is 0 Å². The molecule has 0 bridgehead atoms. The van der Waals surface area contributed by atoms with Gasteiger partial charge in [-0.2, -0.15) is 0 Å². The lowest BCUT2D eigenvalue weighted by Gasteiger charge is -2.14. The summed E-state index contributed by atoms with van der Waals surface area (Å²) in [6.45, 7) is 6.89. The maximum Gasteiger partial charge on any atom is 0.0440 e. The molecule has 0 saturated carbocycles. The Labute approximate surface area is 84.9 Å². The normalized spacial score (nSPS) is 13.0. The molecule has 1 aromatic carbocycles. The van der Waals surface area contributed by atoms with E-state index in [0.717, 1.165) is 10.6 Å². The second-order valence-electron chi connectivity index (χ2n) is 3.60. The number of hydrogen-bond acceptors (Lipinski definition) is 1. The Kier molecular flexibility index (Phi) is 3.34. The summed E-state index contributed by atoms with van der Waals surface area (Å²) in [5.41, 5.74) is 9.26. The van der Waals surface area contributed by atoms with Crippen molar-refractivity contribution in [3.05, 3.63) is 33.8 Å². The zero-order valence-corrected chi connectivity index (χ0v) is 9.15. The van der Waals surface area contributed by atoms with Crippen LogP contribution in [-0.2, 0) is 0 Å². The third-order valence-corrected chi connectivity index (χ3v) is 2.81. The highest BCUT2D eigenvalue weighted by Crippen LogP contribution is 2.26. The van der Waals surface area contributed by atoms with Crippen LogP contribution in [0, 0.1) is 13.8 Å². The molecule has 0 amide bonds. The van der Waals surface area contributed by atoms with Crippen molar-refractivity contribution in [3.8, 4) is 0 Å². The van der Waals surface area contributed by atoms with Gasteiger partial charge in [0.2, 0.25) is 0 Å². The molecular formula is C11H16ClN. The molecule has 1 rings (SSSR count). The first-order valence-corrected chi connectivity index (χ1v) is 4.90. The molecule has 2 heteroatoms. The predicted molar refractivity (Wildman–Crippen MR) is 58.4 cm³/mol. The standard InChI is InChI=1S/C11H16ClN/c1-7-4-10(8(2)6-13)9(3)11(12)5-7/h4-5,8H,6,13H2,1-3H3. The molecule has 0 saturated heterocycles. The van der Waals surface area contributed by atoms with Gasteiger partial charge in [-0.05, 0) is 49.1 Å². The van der Waals surface area contributed by atoms with E-state index in [1.807, 2.05) is 13.0 Å². The zero-order valence-electron chi connectivity index (χ0n) is 8.39. The lowest BCUT2D eigenvalue weighted by molar-refractivity contribution is 0.767. The minimum atomic E-state index is 0.386. The molecule has 1 nitrogen and oxygen atoms in total. The molecule has 72 valence electrons. The van der Waals surface area contributed by atoms with Gasteiger partial charge in [0, 0.05) is 5.02 Å². The molecule has 2 N–H and O–H groups in total. The Balaban J connectivity index is 3.20. The first-order valence-electron chi connectivity index (χ1n) is 4.53. The van der Waals surface area contributed by atoms with E-state index in [0.29, 0.717) is 12.5 Å². The number of aryl methyl sites for hydroxylation is 1. The minimum Gasteiger partial charge on any atom is -0.330 e. The van der Waals surface area contributed by atoms with Gasteiger partial charge in [0.05, 0.1) is 0 Å². The van der Waals surface area contributed by atoms with Crippen LogP contribution in [0.2, 0.25) is 5.02 Å². The zero-order chi connectivity index (χ0) is 10.0. The van der Waals surface area contributed by atoms with E-state index in [9.17, 15) is 0 Å². The van der Waals surface area contributed by atoms with Crippen molar-refractivity contribution in [2.75, 3.05) is 6.54 Å². The summed E-state index contributed by atoms with van der Waals surface area (Å²) < 4.78 is 0. The summed E-state index contributed by atoms with van der Waals surface area (Å²) in [7, 11) is 0. The van der Waals surface area contributed by atoms with E-state index in [2.05, 4.69) is 19.9 Å². The van der Waals surface area contributed by atoms with Crippen LogP contribution in [0.25, 0.3) is 0 Å². The van der Waals surface area contributed by atoms with Gasteiger partial charge in [0.1, 0.15) is 0 Å². The summed E-state index contributed by atoms with van der Waals surface area (Å²) in [6.07, 6.45) is 0. The number of rotatable bonds is 2. The highest BCUT2D eigenvalue weighted by atomic mass is 35.5. The van der Waals surface area contributed by atoms with Crippen molar-refractivity contribution in [2.24, 2.45) is 5.73 Å². The molecule has 13 heavy (non-hydrogen) atoms. The maximum atomic E-state index is 6.08. The first kappa shape index (κ1) is 10.6. The molecule has 0 aromatic heterocycles. The fourth-order valence-corrected chi connectivity index (χ4v) is 1.76. The molecule has 1 unspecified atom stereocenters. The van der Waals surface area contributed by atoms with Crippen LogP contribution >= 0.6 is 11.6 Å². The van der Waals surface area contributed by atoms with E-state index in [1.54, 1.807) is 0 Å². The highest BCUT2D eigenvalue weighted by molar-refractivity contribution is 6.31. The largest absolute Gasteiger partial charge is 0.330 e. The van der Waals surface area contributed by atoms with Crippen LogP contribution < -0.4 is 5.73 Å². The van der Waals surface area contributed by atoms with Gasteiger partial charge in [0.15, 0.2) is 0 Å². The van der Waals surface area contributed by atoms with Crippen LogP contribution in [0.15, 0.2) is 12.1 Å². The molecule has 0 radical (unpaired) electrons. The van der Waals surface area contributed by atoms with Gasteiger partial charge in [0.25, 0.3) is 0 Å². The molecule has 0 aliphatic heterocycles. The molecule has 1 atom stereocenters. The Bertz CT molecular complexity index is 307. The van der Waals surface area contributed by atoms with Crippen molar-refractivity contribution in [2.45, 2.75) is 26.7 Å². The van der Waals surface area contributed by atoms with Crippen molar-refractivity contribution < 1.29 is 0 Å². The maximum absolute atomic E-state index is 6.08. The first-order chi connectivity index (χ1) is 6.06. The van der Waals surface area contributed by atoms with Crippen molar-refractivity contribution in [3.63, 3.8) is 0 Å². The molecule has 0 fully saturated rings. The summed E-state index contributed by atoms with van der Waals surface area (Å²) in [5, 5.41) is 0.843. The summed E-state index contributed by atoms with van der Waals surface area (Å²) in [5.74, 6) is 0.386. The summed E-state index contributed by atoms with van der Waals surface area (Å²) in [4.78, 5) is 0. The van der Waals surface area contributed by atoms with Gasteiger partial charge in [-0.15, -0.1) is 0 Å². The third kappa shape index (κ3) is 2.23. The Hall–Kier alpha value is -0.530. The van der Waals surface area contributed by atoms with E-state index in [4.69, 9.17) is 17.3 Å². The number of hydrogen-bond donors (Lipinski definition) is 1.